The van der Waals surface area contributed by atoms with Gasteiger partial charge < -0.3 is 5.11 Å². The topological polar surface area (TPSA) is 20.2 Å². The second-order valence-corrected chi connectivity index (χ2v) is 4.03. The van der Waals surface area contributed by atoms with Crippen molar-refractivity contribution in [3.05, 3.63) is 70.3 Å². The van der Waals surface area contributed by atoms with Crippen molar-refractivity contribution < 1.29 is 5.11 Å². The Labute approximate surface area is 106 Å². The molecule has 1 aromatic rings. The molecule has 0 radical (unpaired) electrons. The standard InChI is InChI=1S/C15H12O.ClH/c16-13-9-11-5-1-3-7-14(11)15-8-4-2-6-12(15)10-13;/h1-7,9-10,16H,8H2;1H. The Kier molecular flexibility index (Phi) is 3.21. The van der Waals surface area contributed by atoms with Crippen LogP contribution in [0.5, 0.6) is 0 Å². The maximum absolute atomic E-state index is 9.80. The molecule has 1 aromatic carbocycles. The van der Waals surface area contributed by atoms with Gasteiger partial charge in [0.1, 0.15) is 5.76 Å². The van der Waals surface area contributed by atoms with E-state index in [1.807, 2.05) is 42.5 Å². The molecule has 0 amide bonds. The Morgan fingerprint density at radius 1 is 1.06 bits per heavy atom. The van der Waals surface area contributed by atoms with E-state index in [-0.39, 0.29) is 12.4 Å². The van der Waals surface area contributed by atoms with Crippen molar-refractivity contribution in [3.63, 3.8) is 0 Å². The molecule has 0 aromatic heterocycles. The predicted octanol–water partition coefficient (Wildman–Crippen LogP) is 2.38. The fourth-order valence-electron chi connectivity index (χ4n) is 2.23. The minimum Gasteiger partial charge on any atom is -0.508 e. The van der Waals surface area contributed by atoms with Crippen LogP contribution in [0.2, 0.25) is 0 Å². The molecular weight excluding hydrogens is 232 g/mol. The molecule has 0 fully saturated rings. The van der Waals surface area contributed by atoms with E-state index in [1.165, 1.54) is 10.8 Å². The number of benzene rings is 1. The molecule has 0 heterocycles. The van der Waals surface area contributed by atoms with Crippen LogP contribution in [0.15, 0.2) is 59.9 Å². The lowest BCUT2D eigenvalue weighted by molar-refractivity contribution is 0.441. The van der Waals surface area contributed by atoms with E-state index in [2.05, 4.69) is 12.1 Å². The number of allylic oxidation sites excluding steroid dienone is 6. The molecule has 0 aliphatic heterocycles. The second kappa shape index (κ2) is 4.64. The molecule has 1 nitrogen and oxygen atoms in total. The van der Waals surface area contributed by atoms with Crippen molar-refractivity contribution in [1.82, 2.24) is 0 Å². The first-order valence-electron chi connectivity index (χ1n) is 5.42. The van der Waals surface area contributed by atoms with Gasteiger partial charge in [0.25, 0.3) is 0 Å². The maximum atomic E-state index is 9.80. The second-order valence-electron chi connectivity index (χ2n) is 4.03. The number of fused-ring (bicyclic) bond motifs is 2. The fourth-order valence-corrected chi connectivity index (χ4v) is 2.23. The van der Waals surface area contributed by atoms with Gasteiger partial charge in [-0.2, -0.15) is 0 Å². The maximum Gasteiger partial charge on any atom is 0.116 e. The molecule has 2 aliphatic carbocycles. The van der Waals surface area contributed by atoms with E-state index in [1.54, 1.807) is 0 Å². The van der Waals surface area contributed by atoms with Crippen LogP contribution >= 0.6 is 12.4 Å². The number of halogens is 1. The van der Waals surface area contributed by atoms with Gasteiger partial charge in [0, 0.05) is 0 Å². The number of hydrogen-bond acceptors (Lipinski definition) is 1. The van der Waals surface area contributed by atoms with Crippen molar-refractivity contribution in [3.8, 4) is 0 Å². The van der Waals surface area contributed by atoms with Crippen LogP contribution in [-0.4, -0.2) is 5.11 Å². The van der Waals surface area contributed by atoms with E-state index < -0.39 is 0 Å². The van der Waals surface area contributed by atoms with Crippen molar-refractivity contribution in [1.29, 1.82) is 0 Å². The van der Waals surface area contributed by atoms with Gasteiger partial charge in [-0.15, -0.1) is 12.4 Å². The van der Waals surface area contributed by atoms with Gasteiger partial charge in [-0.3, -0.25) is 0 Å². The van der Waals surface area contributed by atoms with Crippen LogP contribution in [0, 0.1) is 0 Å². The zero-order valence-electron chi connectivity index (χ0n) is 9.26. The largest absolute Gasteiger partial charge is 0.508 e. The molecule has 2 aliphatic rings. The molecule has 0 saturated heterocycles. The minimum atomic E-state index is 0. The Morgan fingerprint density at radius 3 is 2.76 bits per heavy atom. The number of hydrogen-bond donors (Lipinski definition) is 1. The van der Waals surface area contributed by atoms with E-state index >= 15 is 0 Å². The molecular formula is C15H13ClO. The third-order valence-electron chi connectivity index (χ3n) is 2.97. The van der Waals surface area contributed by atoms with Crippen molar-refractivity contribution in [2.24, 2.45) is 0 Å². The molecule has 0 bridgehead atoms. The number of aliphatic hydroxyl groups excluding tert-OH is 1. The van der Waals surface area contributed by atoms with Gasteiger partial charge in [-0.05, 0) is 40.2 Å². The summed E-state index contributed by atoms with van der Waals surface area (Å²) < 4.78 is 0. The summed E-state index contributed by atoms with van der Waals surface area (Å²) in [5, 5.41) is 12.1. The van der Waals surface area contributed by atoms with E-state index in [0.29, 0.717) is 5.76 Å². The third-order valence-corrected chi connectivity index (χ3v) is 2.97. The molecule has 0 spiro atoms. The number of aliphatic hydroxyl groups is 1. The quantitative estimate of drug-likeness (QED) is 0.743. The normalized spacial score (nSPS) is 16.6. The Hall–Kier alpha value is -1.73. The first-order valence-corrected chi connectivity index (χ1v) is 5.42. The Morgan fingerprint density at radius 2 is 1.88 bits per heavy atom. The van der Waals surface area contributed by atoms with E-state index in [4.69, 9.17) is 0 Å². The summed E-state index contributed by atoms with van der Waals surface area (Å²) in [6, 6.07) is 8.18. The lowest BCUT2D eigenvalue weighted by Gasteiger charge is -2.09. The first-order chi connectivity index (χ1) is 7.84. The average Bonchev–Trinajstić information content (AvgIpc) is 2.44. The highest BCUT2D eigenvalue weighted by atomic mass is 35.5. The average molecular weight is 245 g/mol. The van der Waals surface area contributed by atoms with E-state index in [0.717, 1.165) is 17.2 Å². The van der Waals surface area contributed by atoms with E-state index in [9.17, 15) is 5.11 Å². The van der Waals surface area contributed by atoms with Crippen molar-refractivity contribution in [2.45, 2.75) is 6.42 Å². The minimum absolute atomic E-state index is 0. The van der Waals surface area contributed by atoms with Gasteiger partial charge in [-0.1, -0.05) is 42.5 Å². The summed E-state index contributed by atoms with van der Waals surface area (Å²) in [6.07, 6.45) is 10.8. The predicted molar refractivity (Wildman–Crippen MR) is 73.4 cm³/mol. The van der Waals surface area contributed by atoms with Gasteiger partial charge in [-0.25, -0.2) is 0 Å². The van der Waals surface area contributed by atoms with Crippen LogP contribution in [0.3, 0.4) is 0 Å². The summed E-state index contributed by atoms with van der Waals surface area (Å²) >= 11 is 0. The lowest BCUT2D eigenvalue weighted by atomic mass is 9.96. The Balaban J connectivity index is 0.00000108. The zero-order valence-corrected chi connectivity index (χ0v) is 10.1. The SMILES string of the molecule is Cl.OC1=CC2=CC=CCC2=c2ccccc2=C1. The molecule has 2 heteroatoms. The number of rotatable bonds is 0. The summed E-state index contributed by atoms with van der Waals surface area (Å²) in [5.41, 5.74) is 2.40. The lowest BCUT2D eigenvalue weighted by Crippen LogP contribution is -2.26. The molecule has 0 saturated carbocycles. The molecule has 0 unspecified atom stereocenters. The molecule has 1 N–H and O–H groups in total. The smallest absolute Gasteiger partial charge is 0.116 e. The third kappa shape index (κ3) is 2.06. The highest BCUT2D eigenvalue weighted by Gasteiger charge is 2.09. The van der Waals surface area contributed by atoms with Gasteiger partial charge in [0.2, 0.25) is 0 Å². The van der Waals surface area contributed by atoms with Gasteiger partial charge in [0.05, 0.1) is 0 Å². The van der Waals surface area contributed by atoms with Crippen molar-refractivity contribution >= 4 is 24.1 Å². The zero-order chi connectivity index (χ0) is 11.0. The molecule has 0 atom stereocenters. The van der Waals surface area contributed by atoms with Crippen LogP contribution < -0.4 is 10.4 Å². The molecule has 86 valence electrons. The van der Waals surface area contributed by atoms with Gasteiger partial charge >= 0.3 is 0 Å². The summed E-state index contributed by atoms with van der Waals surface area (Å²) in [5.74, 6) is 0.323. The monoisotopic (exact) mass is 244 g/mol. The van der Waals surface area contributed by atoms with Crippen LogP contribution in [-0.2, 0) is 0 Å². The fraction of sp³-hybridized carbons (Fsp3) is 0.0667. The summed E-state index contributed by atoms with van der Waals surface area (Å²) in [6.45, 7) is 0. The molecule has 17 heavy (non-hydrogen) atoms. The van der Waals surface area contributed by atoms with Gasteiger partial charge in [0.15, 0.2) is 0 Å². The Bertz CT molecular complexity index is 648. The first kappa shape index (κ1) is 11.7. The highest BCUT2D eigenvalue weighted by Crippen LogP contribution is 2.22. The van der Waals surface area contributed by atoms with Crippen LogP contribution in [0.25, 0.3) is 11.6 Å². The van der Waals surface area contributed by atoms with Crippen LogP contribution in [0.4, 0.5) is 0 Å². The summed E-state index contributed by atoms with van der Waals surface area (Å²) in [4.78, 5) is 0. The van der Waals surface area contributed by atoms with Crippen LogP contribution in [0.1, 0.15) is 6.42 Å². The van der Waals surface area contributed by atoms with Crippen molar-refractivity contribution in [2.75, 3.05) is 0 Å². The molecule has 3 rings (SSSR count). The summed E-state index contributed by atoms with van der Waals surface area (Å²) in [7, 11) is 0. The highest BCUT2D eigenvalue weighted by molar-refractivity contribution is 5.85.